The molecule has 13 heteroatoms. The number of hydrogen-bond acceptors (Lipinski definition) is 11. The molecule has 12 nitrogen and oxygen atoms in total. The van der Waals surface area contributed by atoms with Gasteiger partial charge in [0, 0.05) is 13.0 Å². The Bertz CT molecular complexity index is 1530. The Balaban J connectivity index is 2.44. The molecular formula is C51H82O12S. The van der Waals surface area contributed by atoms with Crippen LogP contribution in [0.2, 0.25) is 0 Å². The maximum absolute atomic E-state index is 12.8. The van der Waals surface area contributed by atoms with Gasteiger partial charge in [0.2, 0.25) is 0 Å². The monoisotopic (exact) mass is 919 g/mol. The average Bonchev–Trinajstić information content (AvgIpc) is 3.27. The number of esters is 1. The fourth-order valence-corrected chi connectivity index (χ4v) is 6.90. The number of hydrogen-bond donors (Lipinski definition) is 4. The van der Waals surface area contributed by atoms with Crippen molar-refractivity contribution >= 4 is 16.4 Å². The maximum atomic E-state index is 12.8. The van der Waals surface area contributed by atoms with E-state index in [1.54, 1.807) is 0 Å². The number of allylic oxidation sites excluding steroid dienone is 18. The van der Waals surface area contributed by atoms with Gasteiger partial charge in [0.15, 0.2) is 6.29 Å². The number of aliphatic hydroxyl groups is 3. The van der Waals surface area contributed by atoms with Gasteiger partial charge in [-0.3, -0.25) is 9.35 Å². The molecule has 0 aliphatic carbocycles. The summed E-state index contributed by atoms with van der Waals surface area (Å²) in [6.45, 7) is 3.64. The zero-order valence-corrected chi connectivity index (χ0v) is 39.6. The van der Waals surface area contributed by atoms with E-state index in [0.29, 0.717) is 13.0 Å². The standard InChI is InChI=1S/C51H82O12S/c1-3-5-7-9-11-13-15-17-19-20-21-22-23-24-25-27-29-31-33-35-37-39-41-59-43-45(44-60-51-49(55)50(63-64(56,57)58)48(54)46(42-52)62-51)61-47(53)40-38-36-34-32-30-28-26-18-16-14-12-10-8-6-4-2/h5-8,11-14,17-19,21-22,24-26,30,32,45-46,48-52,54-55H,3-4,9-10,15-16,20,23,27-29,31,33-44H2,1-2H3,(H,56,57,58)/b7-5-,8-6-,13-11-,14-12-,19-17-,22-21-,25-24-,26-18-,32-30-. The average molecular weight is 919 g/mol. The molecular weight excluding hydrogens is 837 g/mol. The van der Waals surface area contributed by atoms with Crippen molar-refractivity contribution in [3.05, 3.63) is 109 Å². The lowest BCUT2D eigenvalue weighted by Gasteiger charge is -2.41. The Hall–Kier alpha value is -3.24. The van der Waals surface area contributed by atoms with E-state index in [0.717, 1.165) is 116 Å². The molecule has 0 aromatic rings. The number of aliphatic hydroxyl groups excluding tert-OH is 3. The number of rotatable bonds is 39. The van der Waals surface area contributed by atoms with E-state index in [4.69, 9.17) is 18.9 Å². The number of ether oxygens (including phenoxy) is 4. The molecule has 0 bridgehead atoms. The van der Waals surface area contributed by atoms with E-state index in [9.17, 15) is 33.1 Å². The third-order valence-corrected chi connectivity index (χ3v) is 10.4. The van der Waals surface area contributed by atoms with Crippen LogP contribution in [0.25, 0.3) is 0 Å². The highest BCUT2D eigenvalue weighted by Gasteiger charge is 2.48. The summed E-state index contributed by atoms with van der Waals surface area (Å²) in [7, 11) is -5.08. The molecule has 1 fully saturated rings. The zero-order valence-electron chi connectivity index (χ0n) is 38.8. The topological polar surface area (TPSA) is 178 Å². The van der Waals surface area contributed by atoms with Crippen molar-refractivity contribution in [2.75, 3.05) is 26.4 Å². The van der Waals surface area contributed by atoms with Gasteiger partial charge in [-0.1, -0.05) is 149 Å². The summed E-state index contributed by atoms with van der Waals surface area (Å²) in [6, 6.07) is 0. The molecule has 4 N–H and O–H groups in total. The third-order valence-electron chi connectivity index (χ3n) is 9.89. The second kappa shape index (κ2) is 41.2. The Morgan fingerprint density at radius 1 is 0.594 bits per heavy atom. The fourth-order valence-electron chi connectivity index (χ4n) is 6.39. The quantitative estimate of drug-likeness (QED) is 0.0199. The summed E-state index contributed by atoms with van der Waals surface area (Å²) in [5.74, 6) is -0.451. The fraction of sp³-hybridized carbons (Fsp3) is 0.627. The predicted octanol–water partition coefficient (Wildman–Crippen LogP) is 10.4. The van der Waals surface area contributed by atoms with Crippen molar-refractivity contribution in [2.24, 2.45) is 0 Å². The molecule has 1 heterocycles. The van der Waals surface area contributed by atoms with Crippen molar-refractivity contribution in [1.82, 2.24) is 0 Å². The number of carbonyl (C=O) groups is 1. The van der Waals surface area contributed by atoms with Crippen molar-refractivity contribution in [3.8, 4) is 0 Å². The molecule has 0 saturated carbocycles. The van der Waals surface area contributed by atoms with Crippen LogP contribution < -0.4 is 0 Å². The van der Waals surface area contributed by atoms with Crippen LogP contribution in [0.1, 0.15) is 142 Å². The second-order valence-electron chi connectivity index (χ2n) is 15.6. The first-order valence-corrected chi connectivity index (χ1v) is 25.0. The highest BCUT2D eigenvalue weighted by atomic mass is 32.3. The summed E-state index contributed by atoms with van der Waals surface area (Å²) in [4.78, 5) is 12.8. The van der Waals surface area contributed by atoms with Gasteiger partial charge in [-0.25, -0.2) is 4.18 Å². The largest absolute Gasteiger partial charge is 0.457 e. The Morgan fingerprint density at radius 3 is 1.50 bits per heavy atom. The van der Waals surface area contributed by atoms with E-state index in [1.165, 1.54) is 0 Å². The van der Waals surface area contributed by atoms with Crippen molar-refractivity contribution in [1.29, 1.82) is 0 Å². The molecule has 0 radical (unpaired) electrons. The molecule has 1 aliphatic rings. The molecule has 1 aliphatic heterocycles. The van der Waals surface area contributed by atoms with E-state index < -0.39 is 59.8 Å². The lowest BCUT2D eigenvalue weighted by molar-refractivity contribution is -0.301. The summed E-state index contributed by atoms with van der Waals surface area (Å²) >= 11 is 0. The Morgan fingerprint density at radius 2 is 1.03 bits per heavy atom. The maximum Gasteiger partial charge on any atom is 0.397 e. The van der Waals surface area contributed by atoms with Crippen molar-refractivity contribution in [3.63, 3.8) is 0 Å². The summed E-state index contributed by atoms with van der Waals surface area (Å²) in [5.41, 5.74) is 0. The first-order valence-electron chi connectivity index (χ1n) is 23.6. The number of carbonyl (C=O) groups excluding carboxylic acids is 1. The van der Waals surface area contributed by atoms with Crippen LogP contribution in [0.4, 0.5) is 0 Å². The minimum absolute atomic E-state index is 0.000751. The third kappa shape index (κ3) is 34.2. The summed E-state index contributed by atoms with van der Waals surface area (Å²) in [6.07, 6.45) is 48.4. The van der Waals surface area contributed by atoms with E-state index in [2.05, 4.69) is 127 Å². The van der Waals surface area contributed by atoms with E-state index >= 15 is 0 Å². The lowest BCUT2D eigenvalue weighted by atomic mass is 9.99. The molecule has 6 atom stereocenters. The molecule has 64 heavy (non-hydrogen) atoms. The molecule has 6 unspecified atom stereocenters. The number of unbranched alkanes of at least 4 members (excludes halogenated alkanes) is 8. The Labute approximate surface area is 386 Å². The smallest absolute Gasteiger partial charge is 0.397 e. The van der Waals surface area contributed by atoms with Crippen molar-refractivity contribution in [2.45, 2.75) is 179 Å². The minimum Gasteiger partial charge on any atom is -0.457 e. The van der Waals surface area contributed by atoms with Crippen LogP contribution in [0.5, 0.6) is 0 Å². The normalized spacial score (nSPS) is 20.8. The molecule has 364 valence electrons. The molecule has 0 aromatic heterocycles. The van der Waals surface area contributed by atoms with Crippen LogP contribution in [0, 0.1) is 0 Å². The van der Waals surface area contributed by atoms with E-state index in [1.807, 2.05) is 0 Å². The second-order valence-corrected chi connectivity index (χ2v) is 16.6. The molecule has 1 rings (SSSR count). The van der Waals surface area contributed by atoms with Crippen LogP contribution in [0.15, 0.2) is 109 Å². The Kier molecular flexibility index (Phi) is 37.8. The van der Waals surface area contributed by atoms with Crippen molar-refractivity contribution < 1.29 is 56.2 Å². The van der Waals surface area contributed by atoms with Gasteiger partial charge in [-0.2, -0.15) is 8.42 Å². The van der Waals surface area contributed by atoms with Gasteiger partial charge in [-0.15, -0.1) is 0 Å². The first-order chi connectivity index (χ1) is 31.1. The van der Waals surface area contributed by atoms with Crippen LogP contribution in [-0.4, -0.2) is 97.5 Å². The molecule has 0 spiro atoms. The van der Waals surface area contributed by atoms with Gasteiger partial charge in [-0.05, 0) is 96.3 Å². The zero-order chi connectivity index (χ0) is 46.8. The first kappa shape index (κ1) is 58.8. The lowest BCUT2D eigenvalue weighted by Crippen LogP contribution is -2.60. The molecule has 0 aromatic carbocycles. The van der Waals surface area contributed by atoms with Crippen LogP contribution in [-0.2, 0) is 38.3 Å². The molecule has 1 saturated heterocycles. The van der Waals surface area contributed by atoms with E-state index in [-0.39, 0.29) is 19.6 Å². The minimum atomic E-state index is -5.08. The van der Waals surface area contributed by atoms with Gasteiger partial charge in [0.05, 0.1) is 19.8 Å². The molecule has 0 amide bonds. The SMILES string of the molecule is CC/C=C\C/C=C\C/C=C\C/C=C\C/C=C\CCCCCCCCOCC(COC1OC(CO)C(O)C(OS(=O)(=O)O)C1O)OC(=O)CCCC/C=C\C/C=C\C/C=C\C/C=C\CC. The van der Waals surface area contributed by atoms with Gasteiger partial charge in [0.1, 0.15) is 30.5 Å². The highest BCUT2D eigenvalue weighted by Crippen LogP contribution is 2.26. The van der Waals surface area contributed by atoms with Gasteiger partial charge in [0.25, 0.3) is 0 Å². The summed E-state index contributed by atoms with van der Waals surface area (Å²) in [5, 5.41) is 30.7. The van der Waals surface area contributed by atoms with Gasteiger partial charge < -0.3 is 34.3 Å². The summed E-state index contributed by atoms with van der Waals surface area (Å²) < 4.78 is 59.1. The van der Waals surface area contributed by atoms with Gasteiger partial charge >= 0.3 is 16.4 Å². The highest BCUT2D eigenvalue weighted by molar-refractivity contribution is 7.80. The van der Waals surface area contributed by atoms with Crippen LogP contribution >= 0.6 is 0 Å². The predicted molar refractivity (Wildman–Crippen MR) is 257 cm³/mol. The van der Waals surface area contributed by atoms with Crippen LogP contribution in [0.3, 0.4) is 0 Å².